The molecule has 1 rings (SSSR count). The van der Waals surface area contributed by atoms with Gasteiger partial charge in [0.05, 0.1) is 12.6 Å². The van der Waals surface area contributed by atoms with Gasteiger partial charge < -0.3 is 76.3 Å². The highest BCUT2D eigenvalue weighted by Gasteiger charge is 2.33. The summed E-state index contributed by atoms with van der Waals surface area (Å²) in [4.78, 5) is 118. The molecule has 23 heteroatoms. The Labute approximate surface area is 380 Å². The van der Waals surface area contributed by atoms with Crippen molar-refractivity contribution in [1.29, 1.82) is 0 Å². The third-order valence-corrected chi connectivity index (χ3v) is 10.2. The predicted molar refractivity (Wildman–Crippen MR) is 241 cm³/mol. The summed E-state index contributed by atoms with van der Waals surface area (Å²) in [6.07, 6.45) is 3.41. The molecule has 0 radical (unpaired) electrons. The van der Waals surface area contributed by atoms with Crippen molar-refractivity contribution in [2.24, 2.45) is 28.7 Å². The zero-order valence-electron chi connectivity index (χ0n) is 38.0. The van der Waals surface area contributed by atoms with Crippen LogP contribution in [0.4, 0.5) is 0 Å². The SMILES string of the molecule is CC(N)C(=O)NC(C)C(=O)NC(C)C(=O)NC(CO)C(=O)NC(Cc1ccccc1)C(=O)NC(CCCCN)C(=O)NC(C)C(=O)NC(CCCCN)C(=O)NC(CCCCN)C(N)=O. The first-order valence-electron chi connectivity index (χ1n) is 22.0. The van der Waals surface area contributed by atoms with E-state index in [-0.39, 0.29) is 32.2 Å². The van der Waals surface area contributed by atoms with Gasteiger partial charge in [-0.1, -0.05) is 30.3 Å². The average Bonchev–Trinajstić information content (AvgIpc) is 3.26. The number of aliphatic hydroxyl groups excluding tert-OH is 1. The van der Waals surface area contributed by atoms with Gasteiger partial charge in [-0.3, -0.25) is 43.2 Å². The Balaban J connectivity index is 3.23. The Bertz CT molecular complexity index is 1700. The van der Waals surface area contributed by atoms with Gasteiger partial charge in [0.2, 0.25) is 53.2 Å². The van der Waals surface area contributed by atoms with Crippen molar-refractivity contribution in [3.8, 4) is 0 Å². The second kappa shape index (κ2) is 31.2. The summed E-state index contributed by atoms with van der Waals surface area (Å²) in [5.74, 6) is -6.86. The van der Waals surface area contributed by atoms with E-state index in [9.17, 15) is 48.3 Å². The number of hydrogen-bond donors (Lipinski definition) is 14. The van der Waals surface area contributed by atoms with Crippen LogP contribution in [0.3, 0.4) is 0 Å². The monoisotopic (exact) mass is 920 g/mol. The minimum atomic E-state index is -1.59. The predicted octanol–water partition coefficient (Wildman–Crippen LogP) is -4.62. The normalized spacial score (nSPS) is 15.2. The Morgan fingerprint density at radius 2 is 0.800 bits per heavy atom. The third kappa shape index (κ3) is 22.1. The van der Waals surface area contributed by atoms with Gasteiger partial charge in [0, 0.05) is 6.42 Å². The van der Waals surface area contributed by atoms with Crippen LogP contribution in [0.1, 0.15) is 91.0 Å². The number of amides is 9. The molecule has 65 heavy (non-hydrogen) atoms. The molecule has 19 N–H and O–H groups in total. The van der Waals surface area contributed by atoms with Crippen LogP contribution in [0.2, 0.25) is 0 Å². The fourth-order valence-corrected chi connectivity index (χ4v) is 6.16. The molecule has 1 aromatic carbocycles. The van der Waals surface area contributed by atoms with Crippen LogP contribution in [0.5, 0.6) is 0 Å². The number of nitrogens with two attached hydrogens (primary N) is 5. The minimum Gasteiger partial charge on any atom is -0.394 e. The fraction of sp³-hybridized carbons (Fsp3) is 0.643. The highest BCUT2D eigenvalue weighted by molar-refractivity contribution is 5.98. The van der Waals surface area contributed by atoms with Gasteiger partial charge in [-0.2, -0.15) is 0 Å². The van der Waals surface area contributed by atoms with Crippen molar-refractivity contribution in [3.63, 3.8) is 0 Å². The molecule has 0 aromatic heterocycles. The van der Waals surface area contributed by atoms with Gasteiger partial charge in [0.25, 0.3) is 0 Å². The highest BCUT2D eigenvalue weighted by Crippen LogP contribution is 2.09. The number of primary amides is 1. The van der Waals surface area contributed by atoms with Crippen LogP contribution < -0.4 is 71.2 Å². The van der Waals surface area contributed by atoms with E-state index >= 15 is 0 Å². The fourth-order valence-electron chi connectivity index (χ4n) is 6.16. The maximum absolute atomic E-state index is 14.0. The van der Waals surface area contributed by atoms with Crippen LogP contribution in [-0.2, 0) is 49.6 Å². The number of unbranched alkanes of at least 4 members (excludes halogenated alkanes) is 3. The highest BCUT2D eigenvalue weighted by atomic mass is 16.3. The molecule has 0 bridgehead atoms. The molecule has 9 unspecified atom stereocenters. The molecule has 0 aliphatic heterocycles. The molecule has 9 amide bonds. The number of rotatable bonds is 32. The third-order valence-electron chi connectivity index (χ3n) is 10.2. The van der Waals surface area contributed by atoms with Gasteiger partial charge in [-0.25, -0.2) is 0 Å². The van der Waals surface area contributed by atoms with Gasteiger partial charge in [0.1, 0.15) is 48.3 Å². The number of carbonyl (C=O) groups excluding carboxylic acids is 9. The summed E-state index contributed by atoms with van der Waals surface area (Å²) >= 11 is 0. The zero-order chi connectivity index (χ0) is 49.1. The lowest BCUT2D eigenvalue weighted by atomic mass is 10.0. The standard InChI is InChI=1S/C42H73N13O10/c1-24(46)35(58)48-25(2)36(59)49-26(3)38(61)55-33(23-56)42(65)54-32(22-28-14-6-5-7-15-28)41(64)53-30(17-9-12-20-44)39(62)50-27(4)37(60)52-31(18-10-13-21-45)40(63)51-29(34(47)57)16-8-11-19-43/h5-7,14-15,24-27,29-33,56H,8-13,16-23,43-46H2,1-4H3,(H2,47,57)(H,48,58)(H,49,59)(H,50,62)(H,51,63)(H,52,60)(H,53,64)(H,54,65)(H,55,61). The first-order valence-corrected chi connectivity index (χ1v) is 22.0. The topological polar surface area (TPSA) is 400 Å². The number of benzene rings is 1. The average molecular weight is 920 g/mol. The smallest absolute Gasteiger partial charge is 0.245 e. The van der Waals surface area contributed by atoms with E-state index < -0.39 is 114 Å². The maximum Gasteiger partial charge on any atom is 0.245 e. The van der Waals surface area contributed by atoms with Crippen LogP contribution in [0.15, 0.2) is 30.3 Å². The largest absolute Gasteiger partial charge is 0.394 e. The quantitative estimate of drug-likeness (QED) is 0.0303. The Hall–Kier alpha value is -5.75. The number of hydrogen-bond acceptors (Lipinski definition) is 14. The van der Waals surface area contributed by atoms with Gasteiger partial charge in [0.15, 0.2) is 0 Å². The summed E-state index contributed by atoms with van der Waals surface area (Å²) in [6, 6.07) is -2.13. The van der Waals surface area contributed by atoms with Crippen molar-refractivity contribution in [2.45, 2.75) is 146 Å². The Kier molecular flexibility index (Phi) is 27.5. The molecule has 9 atom stereocenters. The van der Waals surface area contributed by atoms with E-state index in [1.54, 1.807) is 30.3 Å². The van der Waals surface area contributed by atoms with Gasteiger partial charge >= 0.3 is 0 Å². The zero-order valence-corrected chi connectivity index (χ0v) is 38.0. The van der Waals surface area contributed by atoms with Crippen LogP contribution in [0.25, 0.3) is 0 Å². The summed E-state index contributed by atoms with van der Waals surface area (Å²) in [7, 11) is 0. The lowest BCUT2D eigenvalue weighted by Gasteiger charge is -2.27. The maximum atomic E-state index is 14.0. The van der Waals surface area contributed by atoms with Crippen LogP contribution >= 0.6 is 0 Å². The van der Waals surface area contributed by atoms with Gasteiger partial charge in [-0.05, 0) is 111 Å². The Morgan fingerprint density at radius 3 is 1.25 bits per heavy atom. The van der Waals surface area contributed by atoms with Gasteiger partial charge in [-0.15, -0.1) is 0 Å². The molecular formula is C42H73N13O10. The van der Waals surface area contributed by atoms with E-state index in [1.807, 2.05) is 0 Å². The van der Waals surface area contributed by atoms with E-state index in [0.29, 0.717) is 57.2 Å². The van der Waals surface area contributed by atoms with Crippen molar-refractivity contribution >= 4 is 53.2 Å². The lowest BCUT2D eigenvalue weighted by molar-refractivity contribution is -0.136. The van der Waals surface area contributed by atoms with E-state index in [4.69, 9.17) is 28.7 Å². The first-order chi connectivity index (χ1) is 30.8. The van der Waals surface area contributed by atoms with Crippen molar-refractivity contribution in [3.05, 3.63) is 35.9 Å². The molecule has 23 nitrogen and oxygen atoms in total. The summed E-state index contributed by atoms with van der Waals surface area (Å²) < 4.78 is 0. The summed E-state index contributed by atoms with van der Waals surface area (Å²) in [6.45, 7) is 5.62. The Morgan fingerprint density at radius 1 is 0.462 bits per heavy atom. The summed E-state index contributed by atoms with van der Waals surface area (Å²) in [5.41, 5.74) is 28.6. The molecular weight excluding hydrogens is 847 g/mol. The van der Waals surface area contributed by atoms with E-state index in [0.717, 1.165) is 0 Å². The lowest BCUT2D eigenvalue weighted by Crippen LogP contribution is -2.60. The van der Waals surface area contributed by atoms with E-state index in [2.05, 4.69) is 42.5 Å². The number of carbonyl (C=O) groups is 9. The molecule has 0 aliphatic rings. The molecule has 0 fully saturated rings. The molecule has 0 aliphatic carbocycles. The van der Waals surface area contributed by atoms with Crippen LogP contribution in [0, 0.1) is 0 Å². The van der Waals surface area contributed by atoms with Crippen molar-refractivity contribution in [2.75, 3.05) is 26.2 Å². The first kappa shape index (κ1) is 57.3. The van der Waals surface area contributed by atoms with Crippen LogP contribution in [-0.4, -0.2) is 139 Å². The molecule has 366 valence electrons. The molecule has 0 spiro atoms. The van der Waals surface area contributed by atoms with E-state index in [1.165, 1.54) is 27.7 Å². The molecule has 1 aromatic rings. The summed E-state index contributed by atoms with van der Waals surface area (Å²) in [5, 5.41) is 30.3. The minimum absolute atomic E-state index is 0.0738. The second-order valence-electron chi connectivity index (χ2n) is 15.9. The van der Waals surface area contributed by atoms with Crippen molar-refractivity contribution in [1.82, 2.24) is 42.5 Å². The molecule has 0 saturated carbocycles. The second-order valence-corrected chi connectivity index (χ2v) is 15.9. The van der Waals surface area contributed by atoms with Crippen molar-refractivity contribution < 1.29 is 48.3 Å². The number of aliphatic hydroxyl groups is 1. The number of nitrogens with one attached hydrogen (secondary N) is 8. The molecule has 0 saturated heterocycles. The molecule has 0 heterocycles.